The van der Waals surface area contributed by atoms with Crippen LogP contribution in [0.4, 0.5) is 0 Å². The second-order valence-electron chi connectivity index (χ2n) is 4.90. The van der Waals surface area contributed by atoms with Crippen LogP contribution in [0.5, 0.6) is 0 Å². The summed E-state index contributed by atoms with van der Waals surface area (Å²) < 4.78 is 0. The number of hydrogen-bond acceptors (Lipinski definition) is 5. The maximum absolute atomic E-state index is 12.4. The summed E-state index contributed by atoms with van der Waals surface area (Å²) in [6, 6.07) is -1.05. The number of nitrogens with zero attached hydrogens (tertiary/aromatic N) is 1. The van der Waals surface area contributed by atoms with Gasteiger partial charge in [0, 0.05) is 12.3 Å². The lowest BCUT2D eigenvalue weighted by molar-refractivity contribution is -0.161. The minimum Gasteiger partial charge on any atom is -0.480 e. The quantitative estimate of drug-likeness (QED) is 0.384. The predicted octanol–water partition coefficient (Wildman–Crippen LogP) is -1.16. The number of carbonyl (C=O) groups excluding carboxylic acids is 2. The highest BCUT2D eigenvalue weighted by Crippen LogP contribution is 2.27. The number of carboxylic acid groups (broad SMARTS) is 1. The molecule has 108 valence electrons. The molecule has 0 aromatic carbocycles. The monoisotopic (exact) mass is 290 g/mol. The number of likely N-dealkylation sites (tertiary alicyclic amines) is 1. The fraction of sp³-hybridized carbons (Fsp3) is 0.727. The molecule has 3 unspecified atom stereocenters. The van der Waals surface area contributed by atoms with Crippen LogP contribution < -0.4 is 5.73 Å². The summed E-state index contributed by atoms with van der Waals surface area (Å²) in [6.07, 6.45) is -0.352. The minimum atomic E-state index is -1.58. The average Bonchev–Trinajstić information content (AvgIpc) is 2.36. The summed E-state index contributed by atoms with van der Waals surface area (Å²) >= 11 is 3.95. The summed E-state index contributed by atoms with van der Waals surface area (Å²) in [7, 11) is 0. The van der Waals surface area contributed by atoms with Gasteiger partial charge in [0.25, 0.3) is 0 Å². The van der Waals surface area contributed by atoms with Crippen molar-refractivity contribution in [1.82, 2.24) is 4.90 Å². The highest BCUT2D eigenvalue weighted by atomic mass is 32.1. The Balaban J connectivity index is 3.05. The summed E-state index contributed by atoms with van der Waals surface area (Å²) in [5.41, 5.74) is 3.62. The molecule has 0 aromatic heterocycles. The Morgan fingerprint density at radius 3 is 2.42 bits per heavy atom. The second kappa shape index (κ2) is 5.79. The van der Waals surface area contributed by atoms with E-state index in [2.05, 4.69) is 12.6 Å². The number of carbonyl (C=O) groups is 3. The van der Waals surface area contributed by atoms with Gasteiger partial charge in [-0.25, -0.2) is 4.79 Å². The van der Waals surface area contributed by atoms with Crippen LogP contribution in [0.25, 0.3) is 0 Å². The number of aliphatic hydroxyl groups excluding tert-OH is 1. The number of β-amino-alcohol motifs (C(OH)–C–C–N with tert-alkyl or cyclic N) is 1. The van der Waals surface area contributed by atoms with E-state index in [9.17, 15) is 19.5 Å². The van der Waals surface area contributed by atoms with Crippen molar-refractivity contribution < 1.29 is 24.6 Å². The number of primary amides is 1. The van der Waals surface area contributed by atoms with E-state index in [0.29, 0.717) is 6.42 Å². The van der Waals surface area contributed by atoms with Crippen LogP contribution in [0.1, 0.15) is 19.8 Å². The van der Waals surface area contributed by atoms with Crippen LogP contribution in [0.15, 0.2) is 0 Å². The number of amides is 2. The molecule has 3 atom stereocenters. The molecule has 0 radical (unpaired) electrons. The molecule has 7 nitrogen and oxygen atoms in total. The second-order valence-corrected chi connectivity index (χ2v) is 5.21. The van der Waals surface area contributed by atoms with Crippen molar-refractivity contribution in [2.75, 3.05) is 12.3 Å². The molecule has 4 N–H and O–H groups in total. The number of thiol groups is 1. The number of nitrogens with two attached hydrogens (primary N) is 1. The van der Waals surface area contributed by atoms with Crippen LogP contribution in [0.3, 0.4) is 0 Å². The van der Waals surface area contributed by atoms with Crippen molar-refractivity contribution in [1.29, 1.82) is 0 Å². The molecule has 19 heavy (non-hydrogen) atoms. The molecule has 1 saturated heterocycles. The lowest BCUT2D eigenvalue weighted by Crippen LogP contribution is -2.59. The zero-order valence-corrected chi connectivity index (χ0v) is 11.5. The third kappa shape index (κ3) is 3.01. The van der Waals surface area contributed by atoms with Crippen molar-refractivity contribution in [3.05, 3.63) is 0 Å². The van der Waals surface area contributed by atoms with E-state index in [1.807, 2.05) is 0 Å². The van der Waals surface area contributed by atoms with Gasteiger partial charge in [-0.15, -0.1) is 0 Å². The normalized spacial score (nSPS) is 26.6. The Morgan fingerprint density at radius 1 is 1.42 bits per heavy atom. The van der Waals surface area contributed by atoms with Gasteiger partial charge in [-0.1, -0.05) is 0 Å². The number of rotatable bonds is 4. The van der Waals surface area contributed by atoms with Crippen molar-refractivity contribution in [3.8, 4) is 0 Å². The summed E-state index contributed by atoms with van der Waals surface area (Å²) in [6.45, 7) is 1.21. The van der Waals surface area contributed by atoms with Gasteiger partial charge in [-0.3, -0.25) is 9.59 Å². The highest BCUT2D eigenvalue weighted by molar-refractivity contribution is 7.80. The number of aliphatic hydroxyl groups is 1. The Morgan fingerprint density at radius 2 is 2.00 bits per heavy atom. The Hall–Kier alpha value is -1.28. The van der Waals surface area contributed by atoms with E-state index in [0.717, 1.165) is 4.90 Å². The van der Waals surface area contributed by atoms with E-state index in [1.165, 1.54) is 6.92 Å². The van der Waals surface area contributed by atoms with Crippen LogP contribution >= 0.6 is 12.6 Å². The summed E-state index contributed by atoms with van der Waals surface area (Å²) in [4.78, 5) is 35.9. The molecule has 1 rings (SSSR count). The molecule has 8 heteroatoms. The predicted molar refractivity (Wildman–Crippen MR) is 69.5 cm³/mol. The standard InChI is InChI=1S/C11H18N2O5S/c1-11(5-19,9(12)17)10(18)13-4-6(14)2-3-7(13)8(15)16/h6-7,14,19H,2-5H2,1H3,(H2,12,17)(H,15,16). The molecule has 1 aliphatic heterocycles. The van der Waals surface area contributed by atoms with E-state index < -0.39 is 35.3 Å². The van der Waals surface area contributed by atoms with E-state index in [1.54, 1.807) is 0 Å². The maximum atomic E-state index is 12.4. The van der Waals surface area contributed by atoms with Gasteiger partial charge in [0.15, 0.2) is 0 Å². The zero-order valence-electron chi connectivity index (χ0n) is 10.6. The first-order valence-corrected chi connectivity index (χ1v) is 6.50. The molecule has 0 bridgehead atoms. The van der Waals surface area contributed by atoms with E-state index in [-0.39, 0.29) is 18.7 Å². The smallest absolute Gasteiger partial charge is 0.326 e. The van der Waals surface area contributed by atoms with E-state index in [4.69, 9.17) is 10.8 Å². The lowest BCUT2D eigenvalue weighted by Gasteiger charge is -2.39. The summed E-state index contributed by atoms with van der Waals surface area (Å²) in [5, 5.41) is 18.7. The fourth-order valence-electron chi connectivity index (χ4n) is 2.00. The molecule has 0 aliphatic carbocycles. The Bertz CT molecular complexity index is 403. The average molecular weight is 290 g/mol. The van der Waals surface area contributed by atoms with Gasteiger partial charge in [-0.05, 0) is 19.8 Å². The van der Waals surface area contributed by atoms with Crippen molar-refractivity contribution in [2.24, 2.45) is 11.1 Å². The summed E-state index contributed by atoms with van der Waals surface area (Å²) in [5.74, 6) is -2.86. The molecular formula is C11H18N2O5S. The number of hydrogen-bond donors (Lipinski definition) is 4. The van der Waals surface area contributed by atoms with Crippen molar-refractivity contribution in [2.45, 2.75) is 31.9 Å². The van der Waals surface area contributed by atoms with Crippen LogP contribution in [0, 0.1) is 5.41 Å². The molecule has 1 fully saturated rings. The first kappa shape index (κ1) is 15.8. The number of piperidine rings is 1. The van der Waals surface area contributed by atoms with Crippen LogP contribution in [-0.4, -0.2) is 57.3 Å². The Kier molecular flexibility index (Phi) is 4.81. The van der Waals surface area contributed by atoms with Gasteiger partial charge in [0.1, 0.15) is 11.5 Å². The molecule has 1 heterocycles. The zero-order chi connectivity index (χ0) is 14.8. The fourth-order valence-corrected chi connectivity index (χ4v) is 2.29. The van der Waals surface area contributed by atoms with Crippen LogP contribution in [-0.2, 0) is 14.4 Å². The third-order valence-corrected chi connectivity index (χ3v) is 4.07. The first-order chi connectivity index (χ1) is 8.74. The first-order valence-electron chi connectivity index (χ1n) is 5.86. The Labute approximate surface area is 116 Å². The maximum Gasteiger partial charge on any atom is 0.326 e. The van der Waals surface area contributed by atoms with Gasteiger partial charge >= 0.3 is 5.97 Å². The highest BCUT2D eigenvalue weighted by Gasteiger charge is 2.46. The van der Waals surface area contributed by atoms with Crippen molar-refractivity contribution >= 4 is 30.4 Å². The van der Waals surface area contributed by atoms with Gasteiger partial charge in [0.2, 0.25) is 11.8 Å². The van der Waals surface area contributed by atoms with Gasteiger partial charge in [0.05, 0.1) is 6.10 Å². The topological polar surface area (TPSA) is 121 Å². The van der Waals surface area contributed by atoms with Crippen molar-refractivity contribution in [3.63, 3.8) is 0 Å². The molecule has 0 saturated carbocycles. The molecule has 1 aliphatic rings. The molecular weight excluding hydrogens is 272 g/mol. The van der Waals surface area contributed by atoms with Gasteiger partial charge < -0.3 is 20.8 Å². The van der Waals surface area contributed by atoms with Gasteiger partial charge in [-0.2, -0.15) is 12.6 Å². The minimum absolute atomic E-state index is 0.119. The number of carboxylic acids is 1. The number of aliphatic carboxylic acids is 1. The molecule has 0 aromatic rings. The molecule has 0 spiro atoms. The van der Waals surface area contributed by atoms with E-state index >= 15 is 0 Å². The largest absolute Gasteiger partial charge is 0.480 e. The lowest BCUT2D eigenvalue weighted by atomic mass is 9.87. The molecule has 2 amide bonds. The van der Waals surface area contributed by atoms with Crippen LogP contribution in [0.2, 0.25) is 0 Å². The SMILES string of the molecule is CC(CS)(C(N)=O)C(=O)N1CC(O)CCC1C(=O)O. The third-order valence-electron chi connectivity index (χ3n) is 3.43.